The Kier molecular flexibility index (Phi) is 6.55. The van der Waals surface area contributed by atoms with Crippen LogP contribution in [0.3, 0.4) is 0 Å². The SMILES string of the molecule is Cc1cc(C)n(-c2ccc(NC(=O)CCCNC(=O)OC(C)(C)C)cn2)n1. The monoisotopic (exact) mass is 373 g/mol. The second kappa shape index (κ2) is 8.66. The lowest BCUT2D eigenvalue weighted by atomic mass is 10.2. The number of anilines is 1. The van der Waals surface area contributed by atoms with Crippen LogP contribution in [0.25, 0.3) is 5.82 Å². The highest BCUT2D eigenvalue weighted by Gasteiger charge is 2.15. The fourth-order valence-electron chi connectivity index (χ4n) is 2.42. The minimum absolute atomic E-state index is 0.137. The second-order valence-corrected chi connectivity index (χ2v) is 7.32. The molecule has 0 aliphatic heterocycles. The van der Waals surface area contributed by atoms with E-state index in [0.717, 1.165) is 11.4 Å². The van der Waals surface area contributed by atoms with Crippen LogP contribution in [0.4, 0.5) is 10.5 Å². The van der Waals surface area contributed by atoms with E-state index < -0.39 is 11.7 Å². The van der Waals surface area contributed by atoms with Crippen molar-refractivity contribution in [3.63, 3.8) is 0 Å². The molecule has 2 aromatic rings. The molecule has 0 fully saturated rings. The van der Waals surface area contributed by atoms with Gasteiger partial charge in [-0.05, 0) is 59.2 Å². The first kappa shape index (κ1) is 20.4. The zero-order valence-corrected chi connectivity index (χ0v) is 16.5. The van der Waals surface area contributed by atoms with Crippen molar-refractivity contribution in [2.24, 2.45) is 0 Å². The number of carbonyl (C=O) groups is 2. The molecule has 0 bridgehead atoms. The molecule has 8 heteroatoms. The smallest absolute Gasteiger partial charge is 0.407 e. The number of pyridine rings is 1. The van der Waals surface area contributed by atoms with Crippen molar-refractivity contribution in [3.05, 3.63) is 35.8 Å². The summed E-state index contributed by atoms with van der Waals surface area (Å²) in [7, 11) is 0. The summed E-state index contributed by atoms with van der Waals surface area (Å²) in [4.78, 5) is 27.9. The normalized spacial score (nSPS) is 11.1. The molecule has 2 heterocycles. The summed E-state index contributed by atoms with van der Waals surface area (Å²) in [5.41, 5.74) is 2.00. The summed E-state index contributed by atoms with van der Waals surface area (Å²) in [6.07, 6.45) is 1.92. The Morgan fingerprint density at radius 2 is 1.96 bits per heavy atom. The third-order valence-corrected chi connectivity index (χ3v) is 3.51. The van der Waals surface area contributed by atoms with E-state index in [2.05, 4.69) is 20.7 Å². The van der Waals surface area contributed by atoms with Crippen molar-refractivity contribution in [1.82, 2.24) is 20.1 Å². The van der Waals surface area contributed by atoms with E-state index in [1.165, 1.54) is 0 Å². The number of amides is 2. The van der Waals surface area contributed by atoms with Crippen LogP contribution in [-0.4, -0.2) is 38.9 Å². The molecule has 146 valence electrons. The van der Waals surface area contributed by atoms with Gasteiger partial charge < -0.3 is 15.4 Å². The molecule has 2 N–H and O–H groups in total. The lowest BCUT2D eigenvalue weighted by Gasteiger charge is -2.19. The predicted molar refractivity (Wildman–Crippen MR) is 103 cm³/mol. The number of nitrogens with one attached hydrogen (secondary N) is 2. The summed E-state index contributed by atoms with van der Waals surface area (Å²) >= 11 is 0. The molecule has 0 aliphatic rings. The first-order valence-electron chi connectivity index (χ1n) is 8.90. The van der Waals surface area contributed by atoms with Gasteiger partial charge in [0.15, 0.2) is 5.82 Å². The molecular formula is C19H27N5O3. The number of ether oxygens (including phenoxy) is 1. The maximum absolute atomic E-state index is 12.0. The Morgan fingerprint density at radius 3 is 2.52 bits per heavy atom. The van der Waals surface area contributed by atoms with Crippen LogP contribution in [0.5, 0.6) is 0 Å². The van der Waals surface area contributed by atoms with E-state index in [1.807, 2.05) is 19.9 Å². The quantitative estimate of drug-likeness (QED) is 0.758. The van der Waals surface area contributed by atoms with Crippen LogP contribution < -0.4 is 10.6 Å². The largest absolute Gasteiger partial charge is 0.444 e. The second-order valence-electron chi connectivity index (χ2n) is 7.32. The number of aryl methyl sites for hydroxylation is 2. The van der Waals surface area contributed by atoms with Crippen molar-refractivity contribution in [1.29, 1.82) is 0 Å². The molecule has 0 atom stereocenters. The van der Waals surface area contributed by atoms with Gasteiger partial charge in [-0.1, -0.05) is 0 Å². The Bertz CT molecular complexity index is 791. The molecule has 0 radical (unpaired) electrons. The van der Waals surface area contributed by atoms with Gasteiger partial charge in [-0.25, -0.2) is 14.5 Å². The van der Waals surface area contributed by atoms with E-state index in [-0.39, 0.29) is 12.3 Å². The summed E-state index contributed by atoms with van der Waals surface area (Å²) in [6, 6.07) is 5.57. The molecule has 0 aromatic carbocycles. The molecule has 0 saturated carbocycles. The molecule has 0 unspecified atom stereocenters. The zero-order valence-electron chi connectivity index (χ0n) is 16.5. The molecule has 2 aromatic heterocycles. The van der Waals surface area contributed by atoms with Crippen LogP contribution in [0.2, 0.25) is 0 Å². The predicted octanol–water partition coefficient (Wildman–Crippen LogP) is 3.13. The average Bonchev–Trinajstić information content (AvgIpc) is 2.89. The summed E-state index contributed by atoms with van der Waals surface area (Å²) in [5.74, 6) is 0.557. The Hall–Kier alpha value is -2.90. The van der Waals surface area contributed by atoms with Crippen LogP contribution in [0.15, 0.2) is 24.4 Å². The molecule has 2 amide bonds. The van der Waals surface area contributed by atoms with Crippen molar-refractivity contribution in [3.8, 4) is 5.82 Å². The highest BCUT2D eigenvalue weighted by atomic mass is 16.6. The van der Waals surface area contributed by atoms with E-state index in [1.54, 1.807) is 43.8 Å². The minimum atomic E-state index is -0.534. The average molecular weight is 373 g/mol. The Morgan fingerprint density at radius 1 is 1.22 bits per heavy atom. The first-order chi connectivity index (χ1) is 12.6. The number of nitrogens with zero attached hydrogens (tertiary/aromatic N) is 3. The molecule has 8 nitrogen and oxygen atoms in total. The summed E-state index contributed by atoms with van der Waals surface area (Å²) < 4.78 is 6.89. The van der Waals surface area contributed by atoms with Crippen molar-refractivity contribution in [2.45, 2.75) is 53.1 Å². The summed E-state index contributed by atoms with van der Waals surface area (Å²) in [5, 5.41) is 9.80. The highest BCUT2D eigenvalue weighted by Crippen LogP contribution is 2.13. The van der Waals surface area contributed by atoms with Gasteiger partial charge in [0.1, 0.15) is 5.60 Å². The number of hydrogen-bond acceptors (Lipinski definition) is 5. The van der Waals surface area contributed by atoms with E-state index in [4.69, 9.17) is 4.74 Å². The number of carbonyl (C=O) groups excluding carboxylic acids is 2. The topological polar surface area (TPSA) is 98.1 Å². The maximum Gasteiger partial charge on any atom is 0.407 e. The van der Waals surface area contributed by atoms with Crippen LogP contribution >= 0.6 is 0 Å². The van der Waals surface area contributed by atoms with Crippen LogP contribution in [0.1, 0.15) is 45.0 Å². The lowest BCUT2D eigenvalue weighted by molar-refractivity contribution is -0.116. The minimum Gasteiger partial charge on any atom is -0.444 e. The lowest BCUT2D eigenvalue weighted by Crippen LogP contribution is -2.33. The first-order valence-corrected chi connectivity index (χ1v) is 8.90. The van der Waals surface area contributed by atoms with Gasteiger partial charge in [-0.2, -0.15) is 5.10 Å². The fourth-order valence-corrected chi connectivity index (χ4v) is 2.42. The van der Waals surface area contributed by atoms with Gasteiger partial charge in [0.25, 0.3) is 0 Å². The third kappa shape index (κ3) is 6.73. The fraction of sp³-hybridized carbons (Fsp3) is 0.474. The summed E-state index contributed by atoms with van der Waals surface area (Å²) in [6.45, 7) is 9.66. The Labute approximate surface area is 159 Å². The van der Waals surface area contributed by atoms with Crippen molar-refractivity contribution < 1.29 is 14.3 Å². The Balaban J connectivity index is 1.76. The van der Waals surface area contributed by atoms with E-state index >= 15 is 0 Å². The molecule has 0 aliphatic carbocycles. The molecule has 0 saturated heterocycles. The highest BCUT2D eigenvalue weighted by molar-refractivity contribution is 5.90. The van der Waals surface area contributed by atoms with E-state index in [9.17, 15) is 9.59 Å². The zero-order chi connectivity index (χ0) is 20.0. The van der Waals surface area contributed by atoms with Crippen molar-refractivity contribution >= 4 is 17.7 Å². The number of hydrogen-bond donors (Lipinski definition) is 2. The van der Waals surface area contributed by atoms with E-state index in [0.29, 0.717) is 24.5 Å². The molecule has 2 rings (SSSR count). The van der Waals surface area contributed by atoms with Crippen LogP contribution in [-0.2, 0) is 9.53 Å². The number of rotatable bonds is 6. The number of aromatic nitrogens is 3. The van der Waals surface area contributed by atoms with Crippen molar-refractivity contribution in [2.75, 3.05) is 11.9 Å². The standard InChI is InChI=1S/C19H27N5O3/c1-13-11-14(2)24(23-13)16-9-8-15(12-21-16)22-17(25)7-6-10-20-18(26)27-19(3,4)5/h8-9,11-12H,6-7,10H2,1-5H3,(H,20,26)(H,22,25). The molecular weight excluding hydrogens is 346 g/mol. The van der Waals surface area contributed by atoms with Gasteiger partial charge in [-0.3, -0.25) is 4.79 Å². The van der Waals surface area contributed by atoms with Gasteiger partial charge >= 0.3 is 6.09 Å². The van der Waals surface area contributed by atoms with Gasteiger partial charge in [0.05, 0.1) is 17.6 Å². The molecule has 0 spiro atoms. The maximum atomic E-state index is 12.0. The van der Waals surface area contributed by atoms with Gasteiger partial charge in [-0.15, -0.1) is 0 Å². The third-order valence-electron chi connectivity index (χ3n) is 3.51. The number of alkyl carbamates (subject to hydrolysis) is 1. The molecule has 27 heavy (non-hydrogen) atoms. The van der Waals surface area contributed by atoms with Crippen LogP contribution in [0, 0.1) is 13.8 Å². The van der Waals surface area contributed by atoms with Gasteiger partial charge in [0.2, 0.25) is 5.91 Å². The van der Waals surface area contributed by atoms with Gasteiger partial charge in [0, 0.05) is 18.7 Å².